The van der Waals surface area contributed by atoms with Crippen molar-refractivity contribution in [2.24, 2.45) is 0 Å². The fourth-order valence-corrected chi connectivity index (χ4v) is 3.67. The molecule has 0 bridgehead atoms. The summed E-state index contributed by atoms with van der Waals surface area (Å²) in [5, 5.41) is 27.4. The van der Waals surface area contributed by atoms with Crippen LogP contribution in [0.15, 0.2) is 29.7 Å². The van der Waals surface area contributed by atoms with Gasteiger partial charge < -0.3 is 10.2 Å². The number of thiophene rings is 1. The average molecular weight is 358 g/mol. The van der Waals surface area contributed by atoms with Gasteiger partial charge in [0.1, 0.15) is 0 Å². The highest BCUT2D eigenvalue weighted by Crippen LogP contribution is 2.35. The number of nitriles is 1. The fourth-order valence-electron chi connectivity index (χ4n) is 2.66. The van der Waals surface area contributed by atoms with Crippen LogP contribution in [-0.4, -0.2) is 46.7 Å². The third-order valence-corrected chi connectivity index (χ3v) is 4.94. The highest BCUT2D eigenvalue weighted by Gasteiger charge is 2.16. The predicted octanol–water partition coefficient (Wildman–Crippen LogP) is 3.04. The SMILES string of the molecule is CCN1CC=C(c2csc3cccc(C#N)c23)CC1.O=C(O)C(=O)O. The van der Waals surface area contributed by atoms with Crippen molar-refractivity contribution in [3.05, 3.63) is 40.8 Å². The summed E-state index contributed by atoms with van der Waals surface area (Å²) in [5.41, 5.74) is 3.47. The summed E-state index contributed by atoms with van der Waals surface area (Å²) < 4.78 is 1.22. The van der Waals surface area contributed by atoms with E-state index in [4.69, 9.17) is 19.8 Å². The summed E-state index contributed by atoms with van der Waals surface area (Å²) in [5.74, 6) is -3.65. The molecule has 0 aliphatic carbocycles. The van der Waals surface area contributed by atoms with Crippen LogP contribution in [0.2, 0.25) is 0 Å². The van der Waals surface area contributed by atoms with Gasteiger partial charge in [-0.15, -0.1) is 11.3 Å². The molecule has 3 rings (SSSR count). The monoisotopic (exact) mass is 358 g/mol. The van der Waals surface area contributed by atoms with E-state index in [1.54, 1.807) is 11.3 Å². The molecule has 2 aromatic rings. The highest BCUT2D eigenvalue weighted by molar-refractivity contribution is 7.17. The molecule has 1 aromatic carbocycles. The van der Waals surface area contributed by atoms with Crippen LogP contribution < -0.4 is 0 Å². The van der Waals surface area contributed by atoms with Gasteiger partial charge in [0.15, 0.2) is 0 Å². The first-order valence-corrected chi connectivity index (χ1v) is 8.64. The molecular weight excluding hydrogens is 340 g/mol. The number of hydrogen-bond donors (Lipinski definition) is 2. The lowest BCUT2D eigenvalue weighted by Crippen LogP contribution is -2.27. The molecular formula is C18H18N2O4S. The Balaban J connectivity index is 0.000000326. The maximum absolute atomic E-state index is 9.28. The van der Waals surface area contributed by atoms with Crippen LogP contribution in [0.25, 0.3) is 15.7 Å². The third kappa shape index (κ3) is 4.44. The number of aliphatic carboxylic acids is 2. The number of benzene rings is 1. The van der Waals surface area contributed by atoms with Gasteiger partial charge in [-0.1, -0.05) is 19.1 Å². The smallest absolute Gasteiger partial charge is 0.414 e. The van der Waals surface area contributed by atoms with Crippen LogP contribution in [-0.2, 0) is 9.59 Å². The normalized spacial score (nSPS) is 14.2. The van der Waals surface area contributed by atoms with Crippen molar-refractivity contribution in [3.8, 4) is 6.07 Å². The Morgan fingerprint density at radius 1 is 1.32 bits per heavy atom. The molecule has 1 aliphatic heterocycles. The second-order valence-electron chi connectivity index (χ2n) is 5.42. The van der Waals surface area contributed by atoms with Crippen LogP contribution in [0, 0.1) is 11.3 Å². The lowest BCUT2D eigenvalue weighted by Gasteiger charge is -2.24. The Morgan fingerprint density at radius 3 is 2.56 bits per heavy atom. The summed E-state index contributed by atoms with van der Waals surface area (Å²) in [6.45, 7) is 5.45. The Bertz CT molecular complexity index is 852. The van der Waals surface area contributed by atoms with Crippen LogP contribution in [0.1, 0.15) is 24.5 Å². The maximum Gasteiger partial charge on any atom is 0.414 e. The van der Waals surface area contributed by atoms with E-state index in [1.807, 2.05) is 12.1 Å². The molecule has 0 radical (unpaired) electrons. The van der Waals surface area contributed by atoms with Gasteiger partial charge in [0.2, 0.25) is 0 Å². The number of nitrogens with zero attached hydrogens (tertiary/aromatic N) is 2. The molecule has 0 atom stereocenters. The van der Waals surface area contributed by atoms with Gasteiger partial charge in [-0.05, 0) is 41.6 Å². The van der Waals surface area contributed by atoms with Crippen molar-refractivity contribution < 1.29 is 19.8 Å². The number of fused-ring (bicyclic) bond motifs is 1. The van der Waals surface area contributed by atoms with E-state index in [0.29, 0.717) is 0 Å². The van der Waals surface area contributed by atoms with E-state index in [2.05, 4.69) is 35.4 Å². The Morgan fingerprint density at radius 2 is 2.04 bits per heavy atom. The second-order valence-corrected chi connectivity index (χ2v) is 6.33. The molecule has 2 heterocycles. The minimum Gasteiger partial charge on any atom is -0.473 e. The lowest BCUT2D eigenvalue weighted by molar-refractivity contribution is -0.159. The predicted molar refractivity (Wildman–Crippen MR) is 96.5 cm³/mol. The van der Waals surface area contributed by atoms with Crippen molar-refractivity contribution >= 4 is 38.9 Å². The molecule has 0 spiro atoms. The Kier molecular flexibility index (Phi) is 6.28. The number of carboxylic acids is 2. The van der Waals surface area contributed by atoms with Gasteiger partial charge in [-0.3, -0.25) is 4.90 Å². The molecule has 1 aromatic heterocycles. The molecule has 2 N–H and O–H groups in total. The fraction of sp³-hybridized carbons (Fsp3) is 0.278. The van der Waals surface area contributed by atoms with Gasteiger partial charge in [0, 0.05) is 23.2 Å². The summed E-state index contributed by atoms with van der Waals surface area (Å²) in [7, 11) is 0. The molecule has 6 nitrogen and oxygen atoms in total. The quantitative estimate of drug-likeness (QED) is 0.800. The number of rotatable bonds is 2. The van der Waals surface area contributed by atoms with Crippen molar-refractivity contribution in [3.63, 3.8) is 0 Å². The third-order valence-electron chi connectivity index (χ3n) is 3.99. The maximum atomic E-state index is 9.28. The van der Waals surface area contributed by atoms with Gasteiger partial charge in [-0.25, -0.2) is 9.59 Å². The van der Waals surface area contributed by atoms with E-state index < -0.39 is 11.9 Å². The van der Waals surface area contributed by atoms with Gasteiger partial charge in [0.25, 0.3) is 0 Å². The average Bonchev–Trinajstić information content (AvgIpc) is 3.06. The second kappa shape index (κ2) is 8.42. The summed E-state index contributed by atoms with van der Waals surface area (Å²) in [6, 6.07) is 8.31. The molecule has 25 heavy (non-hydrogen) atoms. The first-order valence-electron chi connectivity index (χ1n) is 7.76. The largest absolute Gasteiger partial charge is 0.473 e. The zero-order chi connectivity index (χ0) is 18.4. The number of carbonyl (C=O) groups is 2. The number of hydrogen-bond acceptors (Lipinski definition) is 5. The molecule has 130 valence electrons. The van der Waals surface area contributed by atoms with E-state index in [-0.39, 0.29) is 0 Å². The molecule has 7 heteroatoms. The van der Waals surface area contributed by atoms with Crippen LogP contribution >= 0.6 is 11.3 Å². The minimum absolute atomic E-state index is 0.799. The van der Waals surface area contributed by atoms with Crippen molar-refractivity contribution in [2.45, 2.75) is 13.3 Å². The van der Waals surface area contributed by atoms with Crippen molar-refractivity contribution in [2.75, 3.05) is 19.6 Å². The minimum atomic E-state index is -1.82. The molecule has 0 fully saturated rings. The van der Waals surface area contributed by atoms with Gasteiger partial charge in [0.05, 0.1) is 11.6 Å². The topological polar surface area (TPSA) is 102 Å². The summed E-state index contributed by atoms with van der Waals surface area (Å²) in [4.78, 5) is 20.6. The Hall–Kier alpha value is -2.69. The summed E-state index contributed by atoms with van der Waals surface area (Å²) >= 11 is 1.74. The standard InChI is InChI=1S/C16H16N2S.C2H2O4/c1-2-18-8-6-12(7-9-18)14-11-19-15-5-3-4-13(10-17)16(14)15;3-1(4)2(5)6/h3-6,11H,2,7-9H2,1H3;(H,3,4)(H,5,6). The number of carboxylic acid groups (broad SMARTS) is 2. The zero-order valence-corrected chi connectivity index (χ0v) is 14.5. The molecule has 0 unspecified atom stereocenters. The molecule has 0 saturated heterocycles. The van der Waals surface area contributed by atoms with E-state index in [0.717, 1.165) is 37.0 Å². The van der Waals surface area contributed by atoms with Crippen LogP contribution in [0.3, 0.4) is 0 Å². The van der Waals surface area contributed by atoms with Gasteiger partial charge >= 0.3 is 11.9 Å². The molecule has 0 saturated carbocycles. The van der Waals surface area contributed by atoms with E-state index in [9.17, 15) is 5.26 Å². The summed E-state index contributed by atoms with van der Waals surface area (Å²) in [6.07, 6.45) is 3.40. The Labute approximate surface area is 149 Å². The first-order chi connectivity index (χ1) is 12.0. The van der Waals surface area contributed by atoms with Crippen LogP contribution in [0.4, 0.5) is 0 Å². The van der Waals surface area contributed by atoms with Crippen LogP contribution in [0.5, 0.6) is 0 Å². The highest BCUT2D eigenvalue weighted by atomic mass is 32.1. The first kappa shape index (κ1) is 18.6. The van der Waals surface area contributed by atoms with Gasteiger partial charge in [-0.2, -0.15) is 5.26 Å². The van der Waals surface area contributed by atoms with E-state index >= 15 is 0 Å². The van der Waals surface area contributed by atoms with E-state index in [1.165, 1.54) is 15.8 Å². The zero-order valence-electron chi connectivity index (χ0n) is 13.7. The lowest BCUT2D eigenvalue weighted by atomic mass is 9.97. The van der Waals surface area contributed by atoms with Crippen molar-refractivity contribution in [1.29, 1.82) is 5.26 Å². The molecule has 0 amide bonds. The number of likely N-dealkylation sites (N-methyl/N-ethyl adjacent to an activating group) is 1. The molecule has 1 aliphatic rings. The van der Waals surface area contributed by atoms with Crippen molar-refractivity contribution in [1.82, 2.24) is 4.90 Å².